The SMILES string of the molecule is COc1ncc(C2C=Cc3nccc(N4CCN(CCSSC5=CCCC=N5)CC4)c3C2)cc1NSc1ccc(F)cc1F. The van der Waals surface area contributed by atoms with Crippen molar-refractivity contribution in [2.75, 3.05) is 55.2 Å². The largest absolute Gasteiger partial charge is 0.480 e. The van der Waals surface area contributed by atoms with Gasteiger partial charge in [-0.1, -0.05) is 22.9 Å². The molecule has 44 heavy (non-hydrogen) atoms. The maximum Gasteiger partial charge on any atom is 0.237 e. The second kappa shape index (κ2) is 14.8. The molecule has 0 spiro atoms. The lowest BCUT2D eigenvalue weighted by molar-refractivity contribution is 0.273. The standard InChI is InChI=1S/C32H34F2N6OS3/c1-41-32-28(38-43-30-8-6-24(33)20-26(30)34)19-23(21-37-32)22-5-7-27-25(18-22)29(9-11-35-27)40-14-12-39(13-15-40)16-17-42-44-31-4-2-3-10-36-31/h4-11,19-22,38H,2-3,12-18H2,1H3. The van der Waals surface area contributed by atoms with Gasteiger partial charge in [-0.2, -0.15) is 0 Å². The van der Waals surface area contributed by atoms with Gasteiger partial charge in [0.15, 0.2) is 0 Å². The molecule has 3 aliphatic rings. The molecule has 3 aromatic rings. The van der Waals surface area contributed by atoms with E-state index in [4.69, 9.17) is 4.74 Å². The summed E-state index contributed by atoms with van der Waals surface area (Å²) in [6.07, 6.45) is 15.2. The Hall–Kier alpha value is -3.06. The smallest absolute Gasteiger partial charge is 0.237 e. The van der Waals surface area contributed by atoms with Crippen molar-refractivity contribution in [2.24, 2.45) is 4.99 Å². The summed E-state index contributed by atoms with van der Waals surface area (Å²) in [4.78, 5) is 19.0. The summed E-state index contributed by atoms with van der Waals surface area (Å²) >= 11 is 1.06. The molecule has 1 unspecified atom stereocenters. The number of allylic oxidation sites excluding steroid dienone is 2. The molecule has 2 aromatic heterocycles. The van der Waals surface area contributed by atoms with Gasteiger partial charge in [0, 0.05) is 80.3 Å². The first-order chi connectivity index (χ1) is 21.6. The molecule has 4 heterocycles. The summed E-state index contributed by atoms with van der Waals surface area (Å²) in [7, 11) is 5.22. The van der Waals surface area contributed by atoms with Crippen molar-refractivity contribution in [2.45, 2.75) is 30.1 Å². The third-order valence-electron chi connectivity index (χ3n) is 7.81. The highest BCUT2D eigenvalue weighted by Gasteiger charge is 2.25. The van der Waals surface area contributed by atoms with Crippen molar-refractivity contribution in [3.8, 4) is 5.88 Å². The number of benzene rings is 1. The minimum atomic E-state index is -0.626. The number of anilines is 2. The maximum absolute atomic E-state index is 14.2. The highest BCUT2D eigenvalue weighted by molar-refractivity contribution is 8.78. The molecule has 1 N–H and O–H groups in total. The first kappa shape index (κ1) is 30.9. The molecule has 2 aliphatic heterocycles. The third kappa shape index (κ3) is 7.59. The number of nitrogens with zero attached hydrogens (tertiary/aromatic N) is 5. The van der Waals surface area contributed by atoms with Crippen molar-refractivity contribution in [1.82, 2.24) is 14.9 Å². The number of rotatable bonds is 11. The van der Waals surface area contributed by atoms with Crippen LogP contribution in [0.5, 0.6) is 5.88 Å². The zero-order valence-electron chi connectivity index (χ0n) is 24.4. The van der Waals surface area contributed by atoms with Gasteiger partial charge in [0.05, 0.1) is 17.7 Å². The van der Waals surface area contributed by atoms with E-state index in [1.54, 1.807) is 17.9 Å². The van der Waals surface area contributed by atoms with Crippen LogP contribution in [0.1, 0.15) is 35.6 Å². The molecule has 1 atom stereocenters. The van der Waals surface area contributed by atoms with Gasteiger partial charge in [-0.15, -0.1) is 0 Å². The molecule has 1 aliphatic carbocycles. The molecule has 6 rings (SSSR count). The molecule has 7 nitrogen and oxygen atoms in total. The van der Waals surface area contributed by atoms with Gasteiger partial charge >= 0.3 is 0 Å². The Bertz CT molecular complexity index is 1560. The highest BCUT2D eigenvalue weighted by atomic mass is 33.1. The number of ether oxygens (including phenoxy) is 1. The number of halogens is 2. The summed E-state index contributed by atoms with van der Waals surface area (Å²) in [6, 6.07) is 7.65. The molecule has 0 saturated carbocycles. The molecule has 1 fully saturated rings. The lowest BCUT2D eigenvalue weighted by atomic mass is 9.86. The number of piperazine rings is 1. The molecule has 1 saturated heterocycles. The van der Waals surface area contributed by atoms with Gasteiger partial charge in [-0.05, 0) is 77.9 Å². The van der Waals surface area contributed by atoms with Crippen LogP contribution >= 0.6 is 33.5 Å². The summed E-state index contributed by atoms with van der Waals surface area (Å²) in [6.45, 7) is 5.11. The van der Waals surface area contributed by atoms with Crippen LogP contribution in [0.2, 0.25) is 0 Å². The van der Waals surface area contributed by atoms with Crippen LogP contribution in [0, 0.1) is 11.6 Å². The zero-order chi connectivity index (χ0) is 30.3. The molecular formula is C32H34F2N6OS3. The number of fused-ring (bicyclic) bond motifs is 1. The van der Waals surface area contributed by atoms with Crippen molar-refractivity contribution in [3.63, 3.8) is 0 Å². The fraction of sp³-hybridized carbons (Fsp3) is 0.344. The van der Waals surface area contributed by atoms with E-state index in [1.807, 2.05) is 35.5 Å². The average molecular weight is 653 g/mol. The van der Waals surface area contributed by atoms with Crippen molar-refractivity contribution < 1.29 is 13.5 Å². The van der Waals surface area contributed by atoms with Crippen LogP contribution in [0.4, 0.5) is 20.2 Å². The first-order valence-corrected chi connectivity index (χ1v) is 17.8. The van der Waals surface area contributed by atoms with Gasteiger partial charge in [0.25, 0.3) is 0 Å². The number of pyridine rings is 2. The predicted molar refractivity (Wildman–Crippen MR) is 181 cm³/mol. The molecule has 0 bridgehead atoms. The van der Waals surface area contributed by atoms with Crippen molar-refractivity contribution in [1.29, 1.82) is 0 Å². The minimum absolute atomic E-state index is 0.0939. The van der Waals surface area contributed by atoms with E-state index in [-0.39, 0.29) is 10.8 Å². The third-order valence-corrected chi connectivity index (χ3v) is 11.0. The van der Waals surface area contributed by atoms with Crippen LogP contribution in [0.15, 0.2) is 69.8 Å². The lowest BCUT2D eigenvalue weighted by Gasteiger charge is -2.37. The van der Waals surface area contributed by atoms with Crippen LogP contribution < -0.4 is 14.4 Å². The van der Waals surface area contributed by atoms with Crippen LogP contribution in [0.25, 0.3) is 6.08 Å². The molecule has 230 valence electrons. The second-order valence-electron chi connectivity index (χ2n) is 10.6. The average Bonchev–Trinajstić information content (AvgIpc) is 3.06. The van der Waals surface area contributed by atoms with Gasteiger partial charge in [0.2, 0.25) is 5.88 Å². The number of hydrogen-bond donors (Lipinski definition) is 1. The first-order valence-electron chi connectivity index (χ1n) is 14.6. The lowest BCUT2D eigenvalue weighted by Crippen LogP contribution is -2.47. The van der Waals surface area contributed by atoms with Gasteiger partial charge in [0.1, 0.15) is 22.4 Å². The normalized spacial score (nSPS) is 18.2. The molecule has 0 radical (unpaired) electrons. The Morgan fingerprint density at radius 3 is 2.75 bits per heavy atom. The van der Waals surface area contributed by atoms with Crippen molar-refractivity contribution >= 4 is 57.2 Å². The van der Waals surface area contributed by atoms with E-state index in [1.165, 1.54) is 23.4 Å². The second-order valence-corrected chi connectivity index (χ2v) is 13.9. The minimum Gasteiger partial charge on any atom is -0.480 e. The summed E-state index contributed by atoms with van der Waals surface area (Å²) < 4.78 is 36.2. The zero-order valence-corrected chi connectivity index (χ0v) is 26.9. The monoisotopic (exact) mass is 652 g/mol. The van der Waals surface area contributed by atoms with E-state index < -0.39 is 11.6 Å². The van der Waals surface area contributed by atoms with Gasteiger partial charge in [-0.3, -0.25) is 14.9 Å². The predicted octanol–water partition coefficient (Wildman–Crippen LogP) is 7.45. The van der Waals surface area contributed by atoms with Gasteiger partial charge < -0.3 is 14.4 Å². The number of nitrogens with one attached hydrogen (secondary N) is 1. The van der Waals surface area contributed by atoms with Crippen LogP contribution in [-0.4, -0.2) is 66.7 Å². The van der Waals surface area contributed by atoms with E-state index >= 15 is 0 Å². The van der Waals surface area contributed by atoms with Crippen LogP contribution in [0.3, 0.4) is 0 Å². The Kier molecular flexibility index (Phi) is 10.4. The van der Waals surface area contributed by atoms with Crippen molar-refractivity contribution in [3.05, 3.63) is 88.4 Å². The number of aromatic nitrogens is 2. The van der Waals surface area contributed by atoms with Crippen LogP contribution in [-0.2, 0) is 6.42 Å². The maximum atomic E-state index is 14.2. The highest BCUT2D eigenvalue weighted by Crippen LogP contribution is 2.38. The Balaban J connectivity index is 1.08. The number of aliphatic imine (C=N–C) groups is 1. The van der Waals surface area contributed by atoms with E-state index in [0.29, 0.717) is 11.6 Å². The number of hydrogen-bond acceptors (Lipinski definition) is 10. The van der Waals surface area contributed by atoms with Gasteiger partial charge in [-0.25, -0.2) is 13.8 Å². The molecule has 0 amide bonds. The number of methoxy groups -OCH3 is 1. The van der Waals surface area contributed by atoms with E-state index in [2.05, 4.69) is 53.8 Å². The fourth-order valence-electron chi connectivity index (χ4n) is 5.47. The van der Waals surface area contributed by atoms with E-state index in [9.17, 15) is 8.78 Å². The summed E-state index contributed by atoms with van der Waals surface area (Å²) in [5.74, 6) is 0.343. The summed E-state index contributed by atoms with van der Waals surface area (Å²) in [5, 5.41) is 1.14. The quantitative estimate of drug-likeness (QED) is 0.129. The topological polar surface area (TPSA) is 65.9 Å². The van der Waals surface area contributed by atoms with E-state index in [0.717, 1.165) is 92.0 Å². The fourth-order valence-corrected chi connectivity index (χ4v) is 8.14. The Morgan fingerprint density at radius 2 is 1.95 bits per heavy atom. The summed E-state index contributed by atoms with van der Waals surface area (Å²) in [5.41, 5.74) is 5.14. The Labute approximate surface area is 269 Å². The molecule has 12 heteroatoms. The molecular weight excluding hydrogens is 619 g/mol. The Morgan fingerprint density at radius 1 is 1.07 bits per heavy atom. The molecule has 1 aromatic carbocycles.